The standard InChI is InChI=1S/C10H11F3N2O2/c1-5(14)9(16)15-6-2-3-8(7(11)4-6)17-10(12)13/h2-5,10H,14H2,1H3,(H,15,16)/t5-/m0/s1. The maximum Gasteiger partial charge on any atom is 0.387 e. The van der Waals surface area contributed by atoms with Crippen molar-refractivity contribution >= 4 is 11.6 Å². The fraction of sp³-hybridized carbons (Fsp3) is 0.300. The second-order valence-electron chi connectivity index (χ2n) is 3.30. The molecule has 94 valence electrons. The smallest absolute Gasteiger partial charge is 0.387 e. The molecule has 0 heterocycles. The summed E-state index contributed by atoms with van der Waals surface area (Å²) in [6, 6.07) is 2.35. The van der Waals surface area contributed by atoms with Crippen LogP contribution >= 0.6 is 0 Å². The van der Waals surface area contributed by atoms with Crippen LogP contribution in [-0.4, -0.2) is 18.6 Å². The van der Waals surface area contributed by atoms with E-state index >= 15 is 0 Å². The SMILES string of the molecule is C[C@H](N)C(=O)Nc1ccc(OC(F)F)c(F)c1. The lowest BCUT2D eigenvalue weighted by Crippen LogP contribution is -2.32. The third kappa shape index (κ3) is 3.95. The summed E-state index contributed by atoms with van der Waals surface area (Å²) in [5.74, 6) is -2.08. The molecule has 3 N–H and O–H groups in total. The molecule has 1 aromatic rings. The van der Waals surface area contributed by atoms with Gasteiger partial charge in [0.05, 0.1) is 6.04 Å². The molecule has 0 fully saturated rings. The molecule has 0 aliphatic carbocycles. The van der Waals surface area contributed by atoms with E-state index < -0.39 is 30.1 Å². The molecule has 1 amide bonds. The van der Waals surface area contributed by atoms with Crippen molar-refractivity contribution in [3.05, 3.63) is 24.0 Å². The van der Waals surface area contributed by atoms with E-state index in [-0.39, 0.29) is 5.69 Å². The number of hydrogen-bond acceptors (Lipinski definition) is 3. The molecule has 4 nitrogen and oxygen atoms in total. The van der Waals surface area contributed by atoms with Crippen molar-refractivity contribution in [1.29, 1.82) is 0 Å². The average Bonchev–Trinajstić information content (AvgIpc) is 2.21. The van der Waals surface area contributed by atoms with Crippen LogP contribution in [0.15, 0.2) is 18.2 Å². The Kier molecular flexibility index (Phi) is 4.33. The number of amides is 1. The van der Waals surface area contributed by atoms with Gasteiger partial charge in [-0.05, 0) is 19.1 Å². The van der Waals surface area contributed by atoms with Crippen molar-refractivity contribution in [2.45, 2.75) is 19.6 Å². The van der Waals surface area contributed by atoms with Crippen molar-refractivity contribution in [2.75, 3.05) is 5.32 Å². The van der Waals surface area contributed by atoms with Crippen LogP contribution in [0, 0.1) is 5.82 Å². The molecule has 0 aromatic heterocycles. The highest BCUT2D eigenvalue weighted by Crippen LogP contribution is 2.22. The minimum Gasteiger partial charge on any atom is -0.432 e. The maximum absolute atomic E-state index is 13.2. The zero-order chi connectivity index (χ0) is 13.0. The first-order chi connectivity index (χ1) is 7.90. The Morgan fingerprint density at radius 2 is 2.12 bits per heavy atom. The van der Waals surface area contributed by atoms with Gasteiger partial charge in [0.1, 0.15) is 0 Å². The van der Waals surface area contributed by atoms with Crippen LogP contribution in [0.5, 0.6) is 5.75 Å². The number of anilines is 1. The van der Waals surface area contributed by atoms with Crippen LogP contribution in [0.3, 0.4) is 0 Å². The number of hydrogen-bond donors (Lipinski definition) is 2. The summed E-state index contributed by atoms with van der Waals surface area (Å²) < 4.78 is 40.8. The summed E-state index contributed by atoms with van der Waals surface area (Å²) >= 11 is 0. The lowest BCUT2D eigenvalue weighted by molar-refractivity contribution is -0.117. The Hall–Kier alpha value is -1.76. The van der Waals surface area contributed by atoms with Crippen molar-refractivity contribution in [3.8, 4) is 5.75 Å². The summed E-state index contributed by atoms with van der Waals surface area (Å²) in [6.45, 7) is -1.64. The molecule has 17 heavy (non-hydrogen) atoms. The van der Waals surface area contributed by atoms with Gasteiger partial charge in [-0.15, -0.1) is 0 Å². The van der Waals surface area contributed by atoms with Crippen LogP contribution < -0.4 is 15.8 Å². The van der Waals surface area contributed by atoms with E-state index in [1.54, 1.807) is 0 Å². The Labute approximate surface area is 95.6 Å². The highest BCUT2D eigenvalue weighted by molar-refractivity contribution is 5.94. The first-order valence-electron chi connectivity index (χ1n) is 4.71. The lowest BCUT2D eigenvalue weighted by Gasteiger charge is -2.10. The van der Waals surface area contributed by atoms with E-state index in [4.69, 9.17) is 5.73 Å². The summed E-state index contributed by atoms with van der Waals surface area (Å²) in [4.78, 5) is 11.2. The molecule has 0 aliphatic heterocycles. The first-order valence-corrected chi connectivity index (χ1v) is 4.71. The van der Waals surface area contributed by atoms with E-state index in [1.807, 2.05) is 0 Å². The Bertz CT molecular complexity index is 411. The van der Waals surface area contributed by atoms with Crippen LogP contribution in [0.1, 0.15) is 6.92 Å². The molecule has 0 bridgehead atoms. The van der Waals surface area contributed by atoms with E-state index in [0.29, 0.717) is 0 Å². The van der Waals surface area contributed by atoms with E-state index in [1.165, 1.54) is 13.0 Å². The monoisotopic (exact) mass is 248 g/mol. The quantitative estimate of drug-likeness (QED) is 0.852. The predicted octanol–water partition coefficient (Wildman–Crippen LogP) is 1.71. The fourth-order valence-corrected chi connectivity index (χ4v) is 1.03. The molecular weight excluding hydrogens is 237 g/mol. The number of ether oxygens (including phenoxy) is 1. The van der Waals surface area contributed by atoms with Crippen molar-refractivity contribution in [3.63, 3.8) is 0 Å². The van der Waals surface area contributed by atoms with Crippen molar-refractivity contribution in [1.82, 2.24) is 0 Å². The molecule has 0 spiro atoms. The second-order valence-corrected chi connectivity index (χ2v) is 3.30. The van der Waals surface area contributed by atoms with Gasteiger partial charge in [0.15, 0.2) is 11.6 Å². The van der Waals surface area contributed by atoms with Crippen molar-refractivity contribution < 1.29 is 22.7 Å². The number of nitrogens with two attached hydrogens (primary N) is 1. The van der Waals surface area contributed by atoms with Crippen LogP contribution in [0.2, 0.25) is 0 Å². The Balaban J connectivity index is 2.78. The number of benzene rings is 1. The number of nitrogens with one attached hydrogen (secondary N) is 1. The zero-order valence-corrected chi connectivity index (χ0v) is 8.91. The molecule has 0 saturated carbocycles. The molecule has 1 atom stereocenters. The largest absolute Gasteiger partial charge is 0.432 e. The average molecular weight is 248 g/mol. The van der Waals surface area contributed by atoms with E-state index in [0.717, 1.165) is 12.1 Å². The second kappa shape index (κ2) is 5.53. The predicted molar refractivity (Wildman–Crippen MR) is 55.3 cm³/mol. The number of alkyl halides is 2. The number of carbonyl (C=O) groups excluding carboxylic acids is 1. The van der Waals surface area contributed by atoms with Gasteiger partial charge < -0.3 is 15.8 Å². The molecule has 0 aliphatic rings. The van der Waals surface area contributed by atoms with Crippen LogP contribution in [-0.2, 0) is 4.79 Å². The molecule has 1 rings (SSSR count). The third-order valence-corrected chi connectivity index (χ3v) is 1.83. The van der Waals surface area contributed by atoms with E-state index in [9.17, 15) is 18.0 Å². The summed E-state index contributed by atoms with van der Waals surface area (Å²) in [7, 11) is 0. The van der Waals surface area contributed by atoms with Crippen LogP contribution in [0.4, 0.5) is 18.9 Å². The first kappa shape index (κ1) is 13.3. The maximum atomic E-state index is 13.2. The number of halogens is 3. The van der Waals surface area contributed by atoms with Gasteiger partial charge >= 0.3 is 6.61 Å². The molecule has 0 saturated heterocycles. The Morgan fingerprint density at radius 1 is 1.47 bits per heavy atom. The Morgan fingerprint density at radius 3 is 2.59 bits per heavy atom. The highest BCUT2D eigenvalue weighted by atomic mass is 19.3. The van der Waals surface area contributed by atoms with Gasteiger partial charge in [-0.3, -0.25) is 4.79 Å². The minimum atomic E-state index is -3.10. The number of rotatable bonds is 4. The van der Waals surface area contributed by atoms with Gasteiger partial charge in [0.2, 0.25) is 5.91 Å². The highest BCUT2D eigenvalue weighted by Gasteiger charge is 2.12. The van der Waals surface area contributed by atoms with E-state index in [2.05, 4.69) is 10.1 Å². The molecule has 1 aromatic carbocycles. The van der Waals surface area contributed by atoms with Gasteiger partial charge in [-0.2, -0.15) is 8.78 Å². The molecular formula is C10H11F3N2O2. The molecule has 7 heteroatoms. The van der Waals surface area contributed by atoms with Crippen LogP contribution in [0.25, 0.3) is 0 Å². The third-order valence-electron chi connectivity index (χ3n) is 1.83. The lowest BCUT2D eigenvalue weighted by atomic mass is 10.2. The zero-order valence-electron chi connectivity index (χ0n) is 8.91. The van der Waals surface area contributed by atoms with Crippen molar-refractivity contribution in [2.24, 2.45) is 5.73 Å². The summed E-state index contributed by atoms with van der Waals surface area (Å²) in [5, 5.41) is 2.32. The molecule has 0 unspecified atom stereocenters. The summed E-state index contributed by atoms with van der Waals surface area (Å²) in [5.41, 5.74) is 5.41. The minimum absolute atomic E-state index is 0.117. The topological polar surface area (TPSA) is 64.4 Å². The van der Waals surface area contributed by atoms with Gasteiger partial charge in [-0.1, -0.05) is 0 Å². The summed E-state index contributed by atoms with van der Waals surface area (Å²) in [6.07, 6.45) is 0. The fourth-order valence-electron chi connectivity index (χ4n) is 1.03. The van der Waals surface area contributed by atoms with Gasteiger partial charge in [0.25, 0.3) is 0 Å². The normalized spacial score (nSPS) is 12.4. The molecule has 0 radical (unpaired) electrons. The van der Waals surface area contributed by atoms with Gasteiger partial charge in [-0.25, -0.2) is 4.39 Å². The van der Waals surface area contributed by atoms with Gasteiger partial charge in [0, 0.05) is 11.8 Å². The number of carbonyl (C=O) groups is 1.